The van der Waals surface area contributed by atoms with E-state index in [9.17, 15) is 8.42 Å². The SMILES string of the molecule is O=S(=O)(Nc1cccc(N2CCOCC2)c1)C1=Cc2ccccc2CC1. The fourth-order valence-corrected chi connectivity index (χ4v) is 4.65. The number of morpholine rings is 1. The van der Waals surface area contributed by atoms with Gasteiger partial charge in [0.05, 0.1) is 23.8 Å². The minimum absolute atomic E-state index is 0.438. The maximum absolute atomic E-state index is 12.8. The fourth-order valence-electron chi connectivity index (χ4n) is 3.43. The van der Waals surface area contributed by atoms with Crippen LogP contribution in [0.5, 0.6) is 0 Å². The number of anilines is 2. The summed E-state index contributed by atoms with van der Waals surface area (Å²) in [6, 6.07) is 15.5. The minimum atomic E-state index is -3.56. The molecule has 2 aromatic carbocycles. The number of ether oxygens (including phenoxy) is 1. The minimum Gasteiger partial charge on any atom is -0.378 e. The Hall–Kier alpha value is -2.31. The van der Waals surface area contributed by atoms with Crippen LogP contribution < -0.4 is 9.62 Å². The van der Waals surface area contributed by atoms with Crippen molar-refractivity contribution in [3.8, 4) is 0 Å². The van der Waals surface area contributed by atoms with Crippen molar-refractivity contribution in [1.82, 2.24) is 0 Å². The second-order valence-electron chi connectivity index (χ2n) is 6.56. The highest BCUT2D eigenvalue weighted by Crippen LogP contribution is 2.29. The fraction of sp³-hybridized carbons (Fsp3) is 0.300. The molecule has 1 aliphatic heterocycles. The molecule has 0 saturated carbocycles. The van der Waals surface area contributed by atoms with Gasteiger partial charge in [-0.2, -0.15) is 0 Å². The summed E-state index contributed by atoms with van der Waals surface area (Å²) >= 11 is 0. The van der Waals surface area contributed by atoms with E-state index in [2.05, 4.69) is 15.7 Å². The quantitative estimate of drug-likeness (QED) is 0.898. The van der Waals surface area contributed by atoms with E-state index in [1.807, 2.05) is 36.4 Å². The van der Waals surface area contributed by atoms with Crippen LogP contribution in [0.1, 0.15) is 17.5 Å². The van der Waals surface area contributed by atoms with E-state index < -0.39 is 10.0 Å². The molecule has 2 aliphatic rings. The Morgan fingerprint density at radius 2 is 1.77 bits per heavy atom. The van der Waals surface area contributed by atoms with Gasteiger partial charge in [0.1, 0.15) is 0 Å². The molecular weight excluding hydrogens is 348 g/mol. The third-order valence-electron chi connectivity index (χ3n) is 4.83. The van der Waals surface area contributed by atoms with Crippen LogP contribution >= 0.6 is 0 Å². The lowest BCUT2D eigenvalue weighted by Gasteiger charge is -2.29. The average Bonchev–Trinajstić information content (AvgIpc) is 2.68. The van der Waals surface area contributed by atoms with E-state index in [-0.39, 0.29) is 0 Å². The first-order chi connectivity index (χ1) is 12.6. The standard InChI is InChI=1S/C20H22N2O3S/c23-26(24,20-9-8-16-4-1-2-5-17(16)14-20)21-18-6-3-7-19(15-18)22-10-12-25-13-11-22/h1-7,14-15,21H,8-13H2. The summed E-state index contributed by atoms with van der Waals surface area (Å²) in [7, 11) is -3.56. The maximum Gasteiger partial charge on any atom is 0.258 e. The largest absolute Gasteiger partial charge is 0.378 e. The molecule has 2 aromatic rings. The first-order valence-corrected chi connectivity index (χ1v) is 10.3. The van der Waals surface area contributed by atoms with E-state index in [0.717, 1.165) is 30.8 Å². The van der Waals surface area contributed by atoms with Crippen LogP contribution in [0.15, 0.2) is 53.4 Å². The molecule has 1 aliphatic carbocycles. The predicted octanol–water partition coefficient (Wildman–Crippen LogP) is 3.25. The summed E-state index contributed by atoms with van der Waals surface area (Å²) in [6.45, 7) is 3.03. The van der Waals surface area contributed by atoms with Gasteiger partial charge >= 0.3 is 0 Å². The molecule has 4 rings (SSSR count). The lowest BCUT2D eigenvalue weighted by Crippen LogP contribution is -2.36. The smallest absolute Gasteiger partial charge is 0.258 e. The maximum atomic E-state index is 12.8. The Labute approximate surface area is 154 Å². The number of aryl methyl sites for hydroxylation is 1. The molecule has 6 heteroatoms. The molecule has 0 radical (unpaired) electrons. The number of rotatable bonds is 4. The molecule has 5 nitrogen and oxygen atoms in total. The Balaban J connectivity index is 1.56. The number of benzene rings is 2. The lowest BCUT2D eigenvalue weighted by molar-refractivity contribution is 0.122. The van der Waals surface area contributed by atoms with E-state index in [0.29, 0.717) is 30.2 Å². The first-order valence-electron chi connectivity index (χ1n) is 8.86. The molecule has 0 atom stereocenters. The van der Waals surface area contributed by atoms with Crippen LogP contribution in [0, 0.1) is 0 Å². The van der Waals surface area contributed by atoms with Gasteiger partial charge in [0.15, 0.2) is 0 Å². The number of allylic oxidation sites excluding steroid dienone is 1. The van der Waals surface area contributed by atoms with Crippen molar-refractivity contribution in [3.05, 3.63) is 64.6 Å². The Morgan fingerprint density at radius 1 is 0.962 bits per heavy atom. The second-order valence-corrected chi connectivity index (χ2v) is 8.30. The normalized spacial score (nSPS) is 17.4. The average molecular weight is 370 g/mol. The van der Waals surface area contributed by atoms with Crippen molar-refractivity contribution in [2.45, 2.75) is 12.8 Å². The molecule has 1 fully saturated rings. The summed E-state index contributed by atoms with van der Waals surface area (Å²) in [6.07, 6.45) is 3.05. The molecule has 1 N–H and O–H groups in total. The highest BCUT2D eigenvalue weighted by atomic mass is 32.2. The van der Waals surface area contributed by atoms with Gasteiger partial charge in [-0.1, -0.05) is 30.3 Å². The van der Waals surface area contributed by atoms with E-state index in [4.69, 9.17) is 4.74 Å². The third kappa shape index (κ3) is 3.61. The zero-order valence-corrected chi connectivity index (χ0v) is 15.3. The van der Waals surface area contributed by atoms with Crippen LogP contribution in [0.4, 0.5) is 11.4 Å². The molecule has 136 valence electrons. The number of hydrogen-bond acceptors (Lipinski definition) is 4. The van der Waals surface area contributed by atoms with Crippen LogP contribution in [0.25, 0.3) is 6.08 Å². The molecule has 0 unspecified atom stereocenters. The molecule has 0 spiro atoms. The van der Waals surface area contributed by atoms with Gasteiger partial charge < -0.3 is 9.64 Å². The van der Waals surface area contributed by atoms with Gasteiger partial charge in [0, 0.05) is 18.8 Å². The summed E-state index contributed by atoms with van der Waals surface area (Å²) in [5.74, 6) is 0. The summed E-state index contributed by atoms with van der Waals surface area (Å²) in [5, 5.41) is 0. The van der Waals surface area contributed by atoms with Crippen molar-refractivity contribution in [2.24, 2.45) is 0 Å². The lowest BCUT2D eigenvalue weighted by atomic mass is 9.98. The summed E-state index contributed by atoms with van der Waals surface area (Å²) < 4.78 is 33.8. The zero-order chi connectivity index (χ0) is 18.0. The van der Waals surface area contributed by atoms with Gasteiger partial charge in [-0.3, -0.25) is 4.72 Å². The van der Waals surface area contributed by atoms with Gasteiger partial charge in [-0.25, -0.2) is 8.42 Å². The first kappa shape index (κ1) is 17.1. The number of nitrogens with one attached hydrogen (secondary N) is 1. The Kier molecular flexibility index (Phi) is 4.70. The summed E-state index contributed by atoms with van der Waals surface area (Å²) in [4.78, 5) is 2.64. The molecule has 26 heavy (non-hydrogen) atoms. The van der Waals surface area contributed by atoms with Crippen molar-refractivity contribution in [1.29, 1.82) is 0 Å². The number of sulfonamides is 1. The molecule has 0 bridgehead atoms. The molecule has 0 aromatic heterocycles. The van der Waals surface area contributed by atoms with E-state index >= 15 is 0 Å². The van der Waals surface area contributed by atoms with Gasteiger partial charge in [-0.15, -0.1) is 0 Å². The molecule has 1 saturated heterocycles. The van der Waals surface area contributed by atoms with Crippen molar-refractivity contribution < 1.29 is 13.2 Å². The van der Waals surface area contributed by atoms with Crippen molar-refractivity contribution >= 4 is 27.5 Å². The summed E-state index contributed by atoms with van der Waals surface area (Å²) in [5.41, 5.74) is 3.78. The van der Waals surface area contributed by atoms with Crippen LogP contribution in [-0.2, 0) is 21.2 Å². The highest BCUT2D eigenvalue weighted by Gasteiger charge is 2.22. The third-order valence-corrected chi connectivity index (χ3v) is 6.35. The highest BCUT2D eigenvalue weighted by molar-refractivity contribution is 7.96. The Morgan fingerprint density at radius 3 is 2.62 bits per heavy atom. The van der Waals surface area contributed by atoms with Crippen molar-refractivity contribution in [3.63, 3.8) is 0 Å². The number of fused-ring (bicyclic) bond motifs is 1. The number of nitrogens with zero attached hydrogens (tertiary/aromatic N) is 1. The topological polar surface area (TPSA) is 58.6 Å². The predicted molar refractivity (Wildman–Crippen MR) is 105 cm³/mol. The van der Waals surface area contributed by atoms with E-state index in [1.165, 1.54) is 5.56 Å². The van der Waals surface area contributed by atoms with Gasteiger partial charge in [0.2, 0.25) is 0 Å². The van der Waals surface area contributed by atoms with Crippen LogP contribution in [0.2, 0.25) is 0 Å². The van der Waals surface area contributed by atoms with Crippen LogP contribution in [0.3, 0.4) is 0 Å². The Bertz CT molecular complexity index is 932. The monoisotopic (exact) mass is 370 g/mol. The molecular formula is C20H22N2O3S. The van der Waals surface area contributed by atoms with Crippen molar-refractivity contribution in [2.75, 3.05) is 35.9 Å². The molecule has 0 amide bonds. The zero-order valence-electron chi connectivity index (χ0n) is 14.5. The van der Waals surface area contributed by atoms with Crippen LogP contribution in [-0.4, -0.2) is 34.7 Å². The van der Waals surface area contributed by atoms with Gasteiger partial charge in [-0.05, 0) is 48.2 Å². The number of hydrogen-bond donors (Lipinski definition) is 1. The van der Waals surface area contributed by atoms with E-state index in [1.54, 1.807) is 12.1 Å². The van der Waals surface area contributed by atoms with Gasteiger partial charge in [0.25, 0.3) is 10.0 Å². The second kappa shape index (κ2) is 7.13. The molecule has 1 heterocycles.